The maximum absolute atomic E-state index is 12.5. The van der Waals surface area contributed by atoms with Crippen molar-refractivity contribution in [2.24, 2.45) is 0 Å². The van der Waals surface area contributed by atoms with Crippen molar-refractivity contribution in [2.45, 2.75) is 46.8 Å². The minimum Gasteiger partial charge on any atom is -0.448 e. The molecule has 0 radical (unpaired) electrons. The molecule has 32 heavy (non-hydrogen) atoms. The lowest BCUT2D eigenvalue weighted by Gasteiger charge is -2.14. The van der Waals surface area contributed by atoms with Crippen LogP contribution in [0.4, 0.5) is 11.4 Å². The molecule has 1 atom stereocenters. The Morgan fingerprint density at radius 1 is 1.38 bits per heavy atom. The van der Waals surface area contributed by atoms with Crippen LogP contribution in [0.3, 0.4) is 0 Å². The fourth-order valence-corrected chi connectivity index (χ4v) is 3.29. The molecule has 0 bridgehead atoms. The zero-order chi connectivity index (χ0) is 24.0. The molecule has 1 N–H and O–H groups in total. The number of nitro groups is 1. The third-order valence-electron chi connectivity index (χ3n) is 4.77. The first-order chi connectivity index (χ1) is 15.1. The van der Waals surface area contributed by atoms with Crippen LogP contribution in [-0.4, -0.2) is 27.5 Å². The Morgan fingerprint density at radius 2 is 2.06 bits per heavy atom. The number of anilines is 1. The van der Waals surface area contributed by atoms with E-state index in [2.05, 4.69) is 16.8 Å². The van der Waals surface area contributed by atoms with Crippen LogP contribution in [-0.2, 0) is 20.9 Å². The number of nitrogens with zero attached hydrogens (tertiary/aromatic N) is 3. The fourth-order valence-electron chi connectivity index (χ4n) is 3.06. The van der Waals surface area contributed by atoms with Crippen LogP contribution >= 0.6 is 11.6 Å². The summed E-state index contributed by atoms with van der Waals surface area (Å²) in [5.41, 5.74) is 2.31. The lowest BCUT2D eigenvalue weighted by Crippen LogP contribution is -2.30. The summed E-state index contributed by atoms with van der Waals surface area (Å²) in [4.78, 5) is 35.0. The van der Waals surface area contributed by atoms with Gasteiger partial charge in [0.25, 0.3) is 11.6 Å². The number of non-ortho nitro benzene ring substituents is 1. The van der Waals surface area contributed by atoms with Gasteiger partial charge >= 0.3 is 5.97 Å². The van der Waals surface area contributed by atoms with Gasteiger partial charge in [-0.15, -0.1) is 0 Å². The van der Waals surface area contributed by atoms with Gasteiger partial charge in [0.2, 0.25) is 0 Å². The number of nitrogens with one attached hydrogen (secondary N) is 1. The number of hydrogen-bond acceptors (Lipinski definition) is 6. The monoisotopic (exact) mass is 458 g/mol. The fraction of sp³-hybridized carbons (Fsp3) is 0.318. The highest BCUT2D eigenvalue weighted by Gasteiger charge is 2.22. The molecule has 0 saturated heterocycles. The molecule has 2 aromatic rings. The maximum atomic E-state index is 12.5. The van der Waals surface area contributed by atoms with Crippen LogP contribution in [0.25, 0.3) is 6.08 Å². The Labute approximate surface area is 190 Å². The number of carbonyl (C=O) groups is 2. The first-order valence-corrected chi connectivity index (χ1v) is 10.2. The van der Waals surface area contributed by atoms with Crippen LogP contribution in [0, 0.1) is 35.3 Å². The van der Waals surface area contributed by atoms with E-state index in [0.717, 1.165) is 36.0 Å². The van der Waals surface area contributed by atoms with E-state index in [9.17, 15) is 25.0 Å². The van der Waals surface area contributed by atoms with Gasteiger partial charge in [-0.1, -0.05) is 18.5 Å². The van der Waals surface area contributed by atoms with Crippen molar-refractivity contribution in [3.8, 4) is 6.07 Å². The second kappa shape index (κ2) is 10.6. The van der Waals surface area contributed by atoms with Gasteiger partial charge in [-0.25, -0.2) is 4.79 Å². The zero-order valence-corrected chi connectivity index (χ0v) is 18.9. The number of carbonyl (C=O) groups excluding carboxylic acids is 2. The van der Waals surface area contributed by atoms with Gasteiger partial charge in [0.1, 0.15) is 11.6 Å². The lowest BCUT2D eigenvalue weighted by molar-refractivity contribution is -0.384. The van der Waals surface area contributed by atoms with Gasteiger partial charge in [0.15, 0.2) is 6.10 Å². The van der Waals surface area contributed by atoms with Crippen LogP contribution in [0.5, 0.6) is 0 Å². The number of nitro benzene ring substituents is 1. The molecule has 1 aromatic heterocycles. The molecule has 0 spiro atoms. The molecule has 1 amide bonds. The highest BCUT2D eigenvalue weighted by atomic mass is 35.5. The van der Waals surface area contributed by atoms with Gasteiger partial charge in [-0.3, -0.25) is 14.9 Å². The lowest BCUT2D eigenvalue weighted by atomic mass is 10.1. The van der Waals surface area contributed by atoms with E-state index < -0.39 is 22.9 Å². The number of esters is 1. The highest BCUT2D eigenvalue weighted by molar-refractivity contribution is 6.34. The average Bonchev–Trinajstić information content (AvgIpc) is 3.00. The van der Waals surface area contributed by atoms with E-state index in [1.54, 1.807) is 0 Å². The Morgan fingerprint density at radius 3 is 2.62 bits per heavy atom. The van der Waals surface area contributed by atoms with E-state index >= 15 is 0 Å². The van der Waals surface area contributed by atoms with Crippen molar-refractivity contribution in [1.82, 2.24) is 4.57 Å². The molecular formula is C22H23ClN4O5. The van der Waals surface area contributed by atoms with E-state index in [-0.39, 0.29) is 22.0 Å². The van der Waals surface area contributed by atoms with Crippen LogP contribution < -0.4 is 5.32 Å². The number of ether oxygens (including phenoxy) is 1. The zero-order valence-electron chi connectivity index (χ0n) is 18.1. The minimum atomic E-state index is -1.24. The van der Waals surface area contributed by atoms with Crippen molar-refractivity contribution < 1.29 is 19.2 Å². The summed E-state index contributed by atoms with van der Waals surface area (Å²) in [6.07, 6.45) is 1.14. The number of rotatable bonds is 8. The average molecular weight is 459 g/mol. The Kier molecular flexibility index (Phi) is 8.15. The molecule has 0 aliphatic heterocycles. The molecule has 1 heterocycles. The Balaban J connectivity index is 2.12. The van der Waals surface area contributed by atoms with Gasteiger partial charge in [-0.2, -0.15) is 5.26 Å². The topological polar surface area (TPSA) is 127 Å². The standard InChI is InChI=1S/C22H23ClN4O5/c1-5-8-26-13(2)9-16(14(26)3)10-17(12-24)22(29)32-15(4)21(28)25-20-7-6-18(27(30)31)11-19(20)23/h6-7,9-11,15H,5,8H2,1-4H3,(H,25,28)/b17-10+/t15-/m0/s1. The number of amides is 1. The second-order valence-electron chi connectivity index (χ2n) is 7.11. The molecule has 2 rings (SSSR count). The van der Waals surface area contributed by atoms with Crippen molar-refractivity contribution in [3.63, 3.8) is 0 Å². The summed E-state index contributed by atoms with van der Waals surface area (Å²) in [6.45, 7) is 8.07. The van der Waals surface area contributed by atoms with Crippen molar-refractivity contribution in [3.05, 3.63) is 61.9 Å². The summed E-state index contributed by atoms with van der Waals surface area (Å²) < 4.78 is 7.23. The van der Waals surface area contributed by atoms with Gasteiger partial charge in [0, 0.05) is 30.1 Å². The number of aromatic nitrogens is 1. The number of halogens is 1. The number of nitriles is 1. The summed E-state index contributed by atoms with van der Waals surface area (Å²) in [5, 5.41) is 22.6. The maximum Gasteiger partial charge on any atom is 0.349 e. The summed E-state index contributed by atoms with van der Waals surface area (Å²) in [7, 11) is 0. The van der Waals surface area contributed by atoms with Gasteiger partial charge < -0.3 is 14.6 Å². The van der Waals surface area contributed by atoms with E-state index in [4.69, 9.17) is 16.3 Å². The number of benzene rings is 1. The third kappa shape index (κ3) is 5.74. The van der Waals surface area contributed by atoms with Crippen LogP contribution in [0.15, 0.2) is 29.8 Å². The predicted molar refractivity (Wildman–Crippen MR) is 120 cm³/mol. The van der Waals surface area contributed by atoms with E-state index in [0.29, 0.717) is 0 Å². The van der Waals surface area contributed by atoms with Crippen molar-refractivity contribution >= 4 is 40.9 Å². The second-order valence-corrected chi connectivity index (χ2v) is 7.51. The van der Waals surface area contributed by atoms with Crippen molar-refractivity contribution in [2.75, 3.05) is 5.32 Å². The van der Waals surface area contributed by atoms with Gasteiger partial charge in [0.05, 0.1) is 15.6 Å². The smallest absolute Gasteiger partial charge is 0.349 e. The molecule has 0 aliphatic rings. The van der Waals surface area contributed by atoms with Gasteiger partial charge in [-0.05, 0) is 51.0 Å². The summed E-state index contributed by atoms with van der Waals surface area (Å²) >= 11 is 5.96. The molecule has 1 aromatic carbocycles. The van der Waals surface area contributed by atoms with E-state index in [1.807, 2.05) is 26.0 Å². The first-order valence-electron chi connectivity index (χ1n) is 9.83. The van der Waals surface area contributed by atoms with Crippen LogP contribution in [0.2, 0.25) is 5.02 Å². The summed E-state index contributed by atoms with van der Waals surface area (Å²) in [5.74, 6) is -1.64. The van der Waals surface area contributed by atoms with E-state index in [1.165, 1.54) is 25.1 Å². The van der Waals surface area contributed by atoms with Crippen molar-refractivity contribution in [1.29, 1.82) is 5.26 Å². The normalized spacial score (nSPS) is 12.1. The molecule has 0 saturated carbocycles. The molecule has 9 nitrogen and oxygen atoms in total. The third-order valence-corrected chi connectivity index (χ3v) is 5.09. The minimum absolute atomic E-state index is 0.0360. The molecular weight excluding hydrogens is 436 g/mol. The molecule has 0 unspecified atom stereocenters. The Hall–Kier alpha value is -3.64. The highest BCUT2D eigenvalue weighted by Crippen LogP contribution is 2.27. The molecule has 0 aliphatic carbocycles. The number of aryl methyl sites for hydroxylation is 1. The molecule has 10 heteroatoms. The largest absolute Gasteiger partial charge is 0.448 e. The first kappa shape index (κ1) is 24.6. The predicted octanol–water partition coefficient (Wildman–Crippen LogP) is 4.55. The van der Waals surface area contributed by atoms with Crippen LogP contribution in [0.1, 0.15) is 37.2 Å². The summed E-state index contributed by atoms with van der Waals surface area (Å²) in [6, 6.07) is 7.25. The quantitative estimate of drug-likeness (QED) is 0.203. The molecule has 0 fully saturated rings. The SMILES string of the molecule is CCCn1c(C)cc(/C=C(\C#N)C(=O)O[C@@H](C)C(=O)Nc2ccc([N+](=O)[O-])cc2Cl)c1C. The number of hydrogen-bond donors (Lipinski definition) is 1. The molecule has 168 valence electrons. The Bertz CT molecular complexity index is 1130.